The summed E-state index contributed by atoms with van der Waals surface area (Å²) >= 11 is 0. The quantitative estimate of drug-likeness (QED) is 0.771. The van der Waals surface area contributed by atoms with E-state index in [9.17, 15) is 14.4 Å². The second kappa shape index (κ2) is 8.81. The fourth-order valence-electron chi connectivity index (χ4n) is 4.47. The molecule has 2 amide bonds. The fraction of sp³-hybridized carbons (Fsp3) is 0.478. The molecule has 158 valence electrons. The van der Waals surface area contributed by atoms with E-state index in [0.29, 0.717) is 63.3 Å². The zero-order valence-electron chi connectivity index (χ0n) is 17.4. The van der Waals surface area contributed by atoms with E-state index in [1.807, 2.05) is 40.1 Å². The highest BCUT2D eigenvalue weighted by Crippen LogP contribution is 2.25. The number of fused-ring (bicyclic) bond motifs is 1. The predicted molar refractivity (Wildman–Crippen MR) is 114 cm³/mol. The summed E-state index contributed by atoms with van der Waals surface area (Å²) in [6.45, 7) is 4.14. The molecule has 7 nitrogen and oxygen atoms in total. The summed E-state index contributed by atoms with van der Waals surface area (Å²) in [5.41, 5.74) is 2.31. The van der Waals surface area contributed by atoms with Gasteiger partial charge in [-0.3, -0.25) is 14.4 Å². The van der Waals surface area contributed by atoms with Crippen LogP contribution in [0.2, 0.25) is 0 Å². The van der Waals surface area contributed by atoms with Crippen molar-refractivity contribution in [3.8, 4) is 11.4 Å². The molecule has 1 aromatic carbocycles. The van der Waals surface area contributed by atoms with Gasteiger partial charge in [-0.15, -0.1) is 0 Å². The first-order valence-corrected chi connectivity index (χ1v) is 10.7. The topological polar surface area (TPSA) is 86.4 Å². The van der Waals surface area contributed by atoms with E-state index in [0.717, 1.165) is 17.7 Å². The number of amides is 2. The van der Waals surface area contributed by atoms with Crippen molar-refractivity contribution >= 4 is 11.8 Å². The second-order valence-corrected chi connectivity index (χ2v) is 8.16. The third-order valence-corrected chi connectivity index (χ3v) is 6.22. The number of aromatic amines is 1. The number of rotatable bonds is 2. The first-order valence-electron chi connectivity index (χ1n) is 10.7. The smallest absolute Gasteiger partial charge is 0.254 e. The Morgan fingerprint density at radius 2 is 1.70 bits per heavy atom. The number of carbonyl (C=O) groups excluding carboxylic acids is 2. The third-order valence-electron chi connectivity index (χ3n) is 6.22. The summed E-state index contributed by atoms with van der Waals surface area (Å²) in [6.07, 6.45) is 3.36. The predicted octanol–water partition coefficient (Wildman–Crippen LogP) is 2.01. The van der Waals surface area contributed by atoms with Gasteiger partial charge in [0, 0.05) is 50.1 Å². The van der Waals surface area contributed by atoms with Crippen molar-refractivity contribution in [2.75, 3.05) is 26.2 Å². The summed E-state index contributed by atoms with van der Waals surface area (Å²) in [7, 11) is 0. The van der Waals surface area contributed by atoms with Crippen LogP contribution >= 0.6 is 0 Å². The highest BCUT2D eigenvalue weighted by Gasteiger charge is 2.29. The van der Waals surface area contributed by atoms with Gasteiger partial charge in [0.15, 0.2) is 0 Å². The highest BCUT2D eigenvalue weighted by molar-refractivity contribution is 5.79. The molecule has 4 rings (SSSR count). The molecule has 1 saturated heterocycles. The lowest BCUT2D eigenvalue weighted by Gasteiger charge is -2.25. The SMILES string of the molecule is CC(=O)N1CCCN(C(=O)C2CCc3nc(-c4ccccc4)[nH]c(=O)c3CC2)CC1. The van der Waals surface area contributed by atoms with Crippen LogP contribution in [0, 0.1) is 5.92 Å². The van der Waals surface area contributed by atoms with Crippen molar-refractivity contribution in [1.82, 2.24) is 19.8 Å². The van der Waals surface area contributed by atoms with Gasteiger partial charge in [0.25, 0.3) is 5.56 Å². The minimum absolute atomic E-state index is 0.0636. The van der Waals surface area contributed by atoms with Gasteiger partial charge < -0.3 is 14.8 Å². The average molecular weight is 409 g/mol. The molecule has 7 heteroatoms. The molecule has 1 atom stereocenters. The molecule has 0 saturated carbocycles. The molecular formula is C23H28N4O3. The Bertz CT molecular complexity index is 986. The number of H-pyrrole nitrogens is 1. The monoisotopic (exact) mass is 408 g/mol. The van der Waals surface area contributed by atoms with Gasteiger partial charge >= 0.3 is 0 Å². The Balaban J connectivity index is 1.48. The second-order valence-electron chi connectivity index (χ2n) is 8.16. The van der Waals surface area contributed by atoms with Gasteiger partial charge in [-0.05, 0) is 32.1 Å². The Morgan fingerprint density at radius 1 is 1.00 bits per heavy atom. The lowest BCUT2D eigenvalue weighted by Crippen LogP contribution is -2.39. The van der Waals surface area contributed by atoms with Crippen molar-refractivity contribution in [1.29, 1.82) is 0 Å². The summed E-state index contributed by atoms with van der Waals surface area (Å²) in [5.74, 6) is 0.685. The van der Waals surface area contributed by atoms with Crippen molar-refractivity contribution in [2.45, 2.75) is 39.0 Å². The van der Waals surface area contributed by atoms with Gasteiger partial charge in [-0.2, -0.15) is 0 Å². The van der Waals surface area contributed by atoms with Crippen molar-refractivity contribution in [3.63, 3.8) is 0 Å². The zero-order chi connectivity index (χ0) is 21.1. The lowest BCUT2D eigenvalue weighted by atomic mass is 9.98. The van der Waals surface area contributed by atoms with Gasteiger partial charge in [0.1, 0.15) is 5.82 Å². The van der Waals surface area contributed by atoms with Crippen molar-refractivity contribution < 1.29 is 9.59 Å². The molecule has 1 N–H and O–H groups in total. The van der Waals surface area contributed by atoms with Crippen LogP contribution in [0.1, 0.15) is 37.4 Å². The number of hydrogen-bond donors (Lipinski definition) is 1. The van der Waals surface area contributed by atoms with Crippen LogP contribution in [0.3, 0.4) is 0 Å². The van der Waals surface area contributed by atoms with E-state index in [4.69, 9.17) is 4.98 Å². The molecule has 2 heterocycles. The summed E-state index contributed by atoms with van der Waals surface area (Å²) in [4.78, 5) is 48.9. The highest BCUT2D eigenvalue weighted by atomic mass is 16.2. The van der Waals surface area contributed by atoms with Crippen LogP contribution in [0.15, 0.2) is 35.1 Å². The Morgan fingerprint density at radius 3 is 2.47 bits per heavy atom. The van der Waals surface area contributed by atoms with Crippen molar-refractivity contribution in [3.05, 3.63) is 51.9 Å². The Hall–Kier alpha value is -2.96. The maximum absolute atomic E-state index is 13.2. The molecule has 0 bridgehead atoms. The van der Waals surface area contributed by atoms with E-state index in [-0.39, 0.29) is 23.3 Å². The molecule has 1 aromatic heterocycles. The maximum Gasteiger partial charge on any atom is 0.254 e. The molecule has 2 aliphatic rings. The van der Waals surface area contributed by atoms with Gasteiger partial charge in [0.05, 0.1) is 5.69 Å². The number of carbonyl (C=O) groups is 2. The van der Waals surface area contributed by atoms with Crippen molar-refractivity contribution in [2.24, 2.45) is 5.92 Å². The van der Waals surface area contributed by atoms with Crippen LogP contribution in [0.5, 0.6) is 0 Å². The number of aryl methyl sites for hydroxylation is 1. The molecule has 1 unspecified atom stereocenters. The molecule has 1 fully saturated rings. The van der Waals surface area contributed by atoms with Crippen LogP contribution in [-0.2, 0) is 22.4 Å². The van der Waals surface area contributed by atoms with E-state index in [1.165, 1.54) is 0 Å². The maximum atomic E-state index is 13.2. The molecular weight excluding hydrogens is 380 g/mol. The number of hydrogen-bond acceptors (Lipinski definition) is 4. The van der Waals surface area contributed by atoms with E-state index in [1.54, 1.807) is 6.92 Å². The fourth-order valence-corrected chi connectivity index (χ4v) is 4.47. The average Bonchev–Trinajstić information content (AvgIpc) is 3.13. The third kappa shape index (κ3) is 4.30. The van der Waals surface area contributed by atoms with Crippen LogP contribution in [0.25, 0.3) is 11.4 Å². The van der Waals surface area contributed by atoms with Crippen LogP contribution in [0.4, 0.5) is 0 Å². The van der Waals surface area contributed by atoms with Crippen LogP contribution in [-0.4, -0.2) is 57.8 Å². The number of benzene rings is 1. The van der Waals surface area contributed by atoms with Crippen LogP contribution < -0.4 is 5.56 Å². The lowest BCUT2D eigenvalue weighted by molar-refractivity contribution is -0.136. The minimum atomic E-state index is -0.109. The first kappa shape index (κ1) is 20.3. The molecule has 2 aromatic rings. The Kier molecular flexibility index (Phi) is 5.97. The summed E-state index contributed by atoms with van der Waals surface area (Å²) in [6, 6.07) is 9.63. The zero-order valence-corrected chi connectivity index (χ0v) is 17.4. The van der Waals surface area contributed by atoms with Gasteiger partial charge in [-0.25, -0.2) is 4.98 Å². The number of aromatic nitrogens is 2. The van der Waals surface area contributed by atoms with Gasteiger partial charge in [0.2, 0.25) is 11.8 Å². The summed E-state index contributed by atoms with van der Waals surface area (Å²) in [5, 5.41) is 0. The molecule has 0 radical (unpaired) electrons. The number of nitrogens with one attached hydrogen (secondary N) is 1. The van der Waals surface area contributed by atoms with E-state index in [2.05, 4.69) is 4.98 Å². The van der Waals surface area contributed by atoms with E-state index >= 15 is 0 Å². The minimum Gasteiger partial charge on any atom is -0.341 e. The normalized spacial score (nSPS) is 19.6. The largest absolute Gasteiger partial charge is 0.341 e. The molecule has 0 spiro atoms. The van der Waals surface area contributed by atoms with Gasteiger partial charge in [-0.1, -0.05) is 30.3 Å². The summed E-state index contributed by atoms with van der Waals surface area (Å²) < 4.78 is 0. The Labute approximate surface area is 176 Å². The molecule has 1 aliphatic heterocycles. The number of nitrogens with zero attached hydrogens (tertiary/aromatic N) is 3. The molecule has 1 aliphatic carbocycles. The van der Waals surface area contributed by atoms with E-state index < -0.39 is 0 Å². The first-order chi connectivity index (χ1) is 14.5. The molecule has 30 heavy (non-hydrogen) atoms. The standard InChI is InChI=1S/C23H28N4O3/c1-16(28)26-12-5-13-27(15-14-26)23(30)18-8-10-19-20(11-9-18)24-21(25-22(19)29)17-6-3-2-4-7-17/h2-4,6-7,18H,5,8-15H2,1H3,(H,24,25,29).